The van der Waals surface area contributed by atoms with E-state index in [4.69, 9.17) is 4.74 Å². The minimum absolute atomic E-state index is 0.324. The van der Waals surface area contributed by atoms with Gasteiger partial charge in [0, 0.05) is 16.5 Å². The largest absolute Gasteiger partial charge is 0.496 e. The van der Waals surface area contributed by atoms with Crippen LogP contribution in [0.1, 0.15) is 20.7 Å². The quantitative estimate of drug-likeness (QED) is 0.726. The highest BCUT2D eigenvalue weighted by Crippen LogP contribution is 2.31. The molecule has 6 heteroatoms. The van der Waals surface area contributed by atoms with Crippen LogP contribution in [0.5, 0.6) is 5.75 Å². The molecular weight excluding hydrogens is 344 g/mol. The number of carbonyl (C=O) groups is 3. The normalized spacial score (nSPS) is 13.0. The van der Waals surface area contributed by atoms with E-state index in [9.17, 15) is 14.4 Å². The summed E-state index contributed by atoms with van der Waals surface area (Å²) in [4.78, 5) is 38.3. The summed E-state index contributed by atoms with van der Waals surface area (Å²) in [7, 11) is 1.59. The number of anilines is 1. The van der Waals surface area contributed by atoms with E-state index in [1.807, 2.05) is 24.3 Å². The summed E-state index contributed by atoms with van der Waals surface area (Å²) >= 11 is 0. The van der Waals surface area contributed by atoms with Gasteiger partial charge in [0.05, 0.1) is 18.2 Å². The van der Waals surface area contributed by atoms with Crippen LogP contribution in [-0.4, -0.2) is 36.3 Å². The van der Waals surface area contributed by atoms with Crippen molar-refractivity contribution < 1.29 is 19.1 Å². The maximum Gasteiger partial charge on any atom is 0.262 e. The lowest BCUT2D eigenvalue weighted by Gasteiger charge is -2.15. The van der Waals surface area contributed by atoms with Gasteiger partial charge in [-0.15, -0.1) is 0 Å². The highest BCUT2D eigenvalue weighted by atomic mass is 16.5. The van der Waals surface area contributed by atoms with E-state index in [0.29, 0.717) is 22.6 Å². The van der Waals surface area contributed by atoms with Gasteiger partial charge in [-0.1, -0.05) is 36.4 Å². The molecule has 0 saturated carbocycles. The summed E-state index contributed by atoms with van der Waals surface area (Å²) in [5.41, 5.74) is 1.24. The summed E-state index contributed by atoms with van der Waals surface area (Å²) < 4.78 is 5.35. The minimum Gasteiger partial charge on any atom is -0.496 e. The molecule has 6 nitrogen and oxygen atoms in total. The fourth-order valence-electron chi connectivity index (χ4n) is 3.27. The average Bonchev–Trinajstić information content (AvgIpc) is 2.93. The van der Waals surface area contributed by atoms with Crippen molar-refractivity contribution in [3.63, 3.8) is 0 Å². The Hall–Kier alpha value is -3.67. The second-order valence-corrected chi connectivity index (χ2v) is 6.15. The summed E-state index contributed by atoms with van der Waals surface area (Å²) in [5, 5.41) is 4.46. The maximum absolute atomic E-state index is 12.5. The smallest absolute Gasteiger partial charge is 0.262 e. The van der Waals surface area contributed by atoms with Gasteiger partial charge in [-0.05, 0) is 24.3 Å². The number of benzene rings is 3. The molecule has 0 aliphatic carbocycles. The van der Waals surface area contributed by atoms with E-state index in [2.05, 4.69) is 5.32 Å². The Morgan fingerprint density at radius 2 is 1.48 bits per heavy atom. The van der Waals surface area contributed by atoms with Crippen molar-refractivity contribution in [2.45, 2.75) is 0 Å². The Balaban J connectivity index is 1.57. The standard InChI is InChI=1S/C21H16N2O4/c1-27-18-11-10-17(13-6-2-3-7-14(13)18)22-19(24)12-23-20(25)15-8-4-5-9-16(15)21(23)26/h2-11H,12H2,1H3,(H,22,24). The van der Waals surface area contributed by atoms with Gasteiger partial charge >= 0.3 is 0 Å². The molecule has 3 aromatic rings. The van der Waals surface area contributed by atoms with Crippen LogP contribution in [0.4, 0.5) is 5.69 Å². The monoisotopic (exact) mass is 360 g/mol. The second-order valence-electron chi connectivity index (χ2n) is 6.15. The first-order valence-electron chi connectivity index (χ1n) is 8.41. The number of hydrogen-bond donors (Lipinski definition) is 1. The van der Waals surface area contributed by atoms with Gasteiger partial charge in [-0.3, -0.25) is 19.3 Å². The Morgan fingerprint density at radius 1 is 0.889 bits per heavy atom. The van der Waals surface area contributed by atoms with E-state index < -0.39 is 17.7 Å². The molecule has 0 atom stereocenters. The summed E-state index contributed by atoms with van der Waals surface area (Å²) in [6.45, 7) is -0.341. The number of rotatable bonds is 4. The molecule has 0 aromatic heterocycles. The summed E-state index contributed by atoms with van der Waals surface area (Å²) in [5.74, 6) is -0.653. The van der Waals surface area contributed by atoms with Crippen molar-refractivity contribution in [3.05, 3.63) is 71.8 Å². The first-order valence-corrected chi connectivity index (χ1v) is 8.41. The molecule has 3 amide bonds. The van der Waals surface area contributed by atoms with Gasteiger partial charge in [0.15, 0.2) is 0 Å². The molecule has 3 aromatic carbocycles. The van der Waals surface area contributed by atoms with Crippen molar-refractivity contribution in [2.75, 3.05) is 19.0 Å². The maximum atomic E-state index is 12.5. The van der Waals surface area contributed by atoms with Crippen LogP contribution < -0.4 is 10.1 Å². The number of imide groups is 1. The number of ether oxygens (including phenoxy) is 1. The minimum atomic E-state index is -0.453. The van der Waals surface area contributed by atoms with Crippen molar-refractivity contribution >= 4 is 34.2 Å². The first kappa shape index (κ1) is 16.8. The first-order chi connectivity index (χ1) is 13.1. The van der Waals surface area contributed by atoms with Crippen LogP contribution in [0.2, 0.25) is 0 Å². The lowest BCUT2D eigenvalue weighted by atomic mass is 10.1. The Labute approximate surface area is 155 Å². The predicted octanol–water partition coefficient (Wildman–Crippen LogP) is 3.08. The molecule has 1 aliphatic heterocycles. The molecular formula is C21H16N2O4. The van der Waals surface area contributed by atoms with Crippen LogP contribution in [-0.2, 0) is 4.79 Å². The molecule has 0 fully saturated rings. The average molecular weight is 360 g/mol. The molecule has 0 spiro atoms. The van der Waals surface area contributed by atoms with E-state index in [1.54, 1.807) is 43.5 Å². The molecule has 134 valence electrons. The molecule has 0 unspecified atom stereocenters. The van der Waals surface area contributed by atoms with Crippen LogP contribution in [0.25, 0.3) is 10.8 Å². The highest BCUT2D eigenvalue weighted by molar-refractivity contribution is 6.22. The van der Waals surface area contributed by atoms with E-state index >= 15 is 0 Å². The third kappa shape index (κ3) is 2.81. The van der Waals surface area contributed by atoms with E-state index in [-0.39, 0.29) is 6.54 Å². The Morgan fingerprint density at radius 3 is 2.11 bits per heavy atom. The topological polar surface area (TPSA) is 75.7 Å². The van der Waals surface area contributed by atoms with Crippen LogP contribution in [0.3, 0.4) is 0 Å². The molecule has 27 heavy (non-hydrogen) atoms. The lowest BCUT2D eigenvalue weighted by molar-refractivity contribution is -0.116. The SMILES string of the molecule is COc1ccc(NC(=O)CN2C(=O)c3ccccc3C2=O)c2ccccc12. The second kappa shape index (κ2) is 6.57. The van der Waals surface area contributed by atoms with Gasteiger partial charge < -0.3 is 10.1 Å². The van der Waals surface area contributed by atoms with Crippen molar-refractivity contribution in [2.24, 2.45) is 0 Å². The van der Waals surface area contributed by atoms with Gasteiger partial charge in [-0.2, -0.15) is 0 Å². The van der Waals surface area contributed by atoms with Crippen molar-refractivity contribution in [1.82, 2.24) is 4.90 Å². The number of methoxy groups -OCH3 is 1. The zero-order valence-electron chi connectivity index (χ0n) is 14.6. The zero-order valence-corrected chi connectivity index (χ0v) is 14.6. The summed E-state index contributed by atoms with van der Waals surface area (Å²) in [6, 6.07) is 17.6. The third-order valence-electron chi connectivity index (χ3n) is 4.56. The van der Waals surface area contributed by atoms with Crippen LogP contribution >= 0.6 is 0 Å². The predicted molar refractivity (Wildman–Crippen MR) is 101 cm³/mol. The molecule has 4 rings (SSSR count). The van der Waals surface area contributed by atoms with Crippen molar-refractivity contribution in [3.8, 4) is 5.75 Å². The van der Waals surface area contributed by atoms with Gasteiger partial charge in [0.25, 0.3) is 11.8 Å². The number of amides is 3. The fourth-order valence-corrected chi connectivity index (χ4v) is 3.27. The third-order valence-corrected chi connectivity index (χ3v) is 4.56. The van der Waals surface area contributed by atoms with Gasteiger partial charge in [0.1, 0.15) is 12.3 Å². The zero-order chi connectivity index (χ0) is 19.0. The molecule has 0 saturated heterocycles. The molecule has 1 N–H and O–H groups in total. The van der Waals surface area contributed by atoms with Gasteiger partial charge in [0.2, 0.25) is 5.91 Å². The van der Waals surface area contributed by atoms with Crippen LogP contribution in [0, 0.1) is 0 Å². The molecule has 0 bridgehead atoms. The number of nitrogens with one attached hydrogen (secondary N) is 1. The summed E-state index contributed by atoms with van der Waals surface area (Å²) in [6.07, 6.45) is 0. The molecule has 0 radical (unpaired) electrons. The number of fused-ring (bicyclic) bond motifs is 2. The highest BCUT2D eigenvalue weighted by Gasteiger charge is 2.36. The van der Waals surface area contributed by atoms with E-state index in [0.717, 1.165) is 15.7 Å². The molecule has 1 aliphatic rings. The number of nitrogens with zero attached hydrogens (tertiary/aromatic N) is 1. The van der Waals surface area contributed by atoms with Gasteiger partial charge in [-0.25, -0.2) is 0 Å². The number of carbonyl (C=O) groups excluding carboxylic acids is 3. The van der Waals surface area contributed by atoms with Crippen molar-refractivity contribution in [1.29, 1.82) is 0 Å². The number of hydrogen-bond acceptors (Lipinski definition) is 4. The fraction of sp³-hybridized carbons (Fsp3) is 0.0952. The lowest BCUT2D eigenvalue weighted by Crippen LogP contribution is -2.37. The Kier molecular flexibility index (Phi) is 4.08. The Bertz CT molecular complexity index is 1060. The molecule has 1 heterocycles. The van der Waals surface area contributed by atoms with E-state index in [1.165, 1.54) is 0 Å². The van der Waals surface area contributed by atoms with Crippen LogP contribution in [0.15, 0.2) is 60.7 Å².